The highest BCUT2D eigenvalue weighted by Gasteiger charge is 2.43. The average Bonchev–Trinajstić information content (AvgIpc) is 3.44. The number of aromatic nitrogens is 5. The van der Waals surface area contributed by atoms with Gasteiger partial charge in [0.2, 0.25) is 0 Å². The topological polar surface area (TPSA) is 174 Å². The summed E-state index contributed by atoms with van der Waals surface area (Å²) in [5.74, 6) is -1.13. The highest BCUT2D eigenvalue weighted by molar-refractivity contribution is 5.70. The molecule has 3 aromatic heterocycles. The van der Waals surface area contributed by atoms with Gasteiger partial charge in [-0.2, -0.15) is 10.4 Å². The Morgan fingerprint density at radius 2 is 2.23 bits per heavy atom. The predicted octanol–water partition coefficient (Wildman–Crippen LogP) is 1.01. The lowest BCUT2D eigenvalue weighted by Crippen LogP contribution is -2.34. The third-order valence-corrected chi connectivity index (χ3v) is 4.37. The minimum absolute atomic E-state index is 0.169. The minimum Gasteiger partial charge on any atom is -0.445 e. The molecule has 0 bridgehead atoms. The van der Waals surface area contributed by atoms with Crippen molar-refractivity contribution in [2.45, 2.75) is 44.2 Å². The third kappa shape index (κ3) is 5.34. The number of hydrogen-bond donors (Lipinski definition) is 3. The molecule has 12 nitrogen and oxygen atoms in total. The molecule has 1 aliphatic rings. The first kappa shape index (κ1) is 22.2. The standard InChI is InChI=1S/C16H15N7O3.C3H8O2/c17-7-16(8-25-15(24)22-6-5-19-10-22)4-3-13(26-16)11-1-2-12-14(18)20-9-21-23(11)12;1-3(2,4)5/h1-2,5-6,9-10,13H,3-4,8H2,(H2,18,20,21);4-5H,1-2H3/t13?,16-;/m1./s1. The van der Waals surface area contributed by atoms with Gasteiger partial charge in [-0.3, -0.25) is 0 Å². The molecular weight excluding hydrogens is 406 g/mol. The molecule has 1 saturated heterocycles. The fourth-order valence-corrected chi connectivity index (χ4v) is 3.02. The second kappa shape index (κ2) is 8.68. The molecule has 4 heterocycles. The Balaban J connectivity index is 0.000000491. The summed E-state index contributed by atoms with van der Waals surface area (Å²) in [4.78, 5) is 19.7. The van der Waals surface area contributed by atoms with Gasteiger partial charge in [-0.05, 0) is 38.8 Å². The van der Waals surface area contributed by atoms with Crippen LogP contribution in [0.25, 0.3) is 5.52 Å². The van der Waals surface area contributed by atoms with Crippen LogP contribution >= 0.6 is 0 Å². The first-order chi connectivity index (χ1) is 14.6. The van der Waals surface area contributed by atoms with Crippen molar-refractivity contribution in [1.29, 1.82) is 5.26 Å². The van der Waals surface area contributed by atoms with Crippen LogP contribution in [0, 0.1) is 11.3 Å². The lowest BCUT2D eigenvalue weighted by Gasteiger charge is -2.21. The van der Waals surface area contributed by atoms with Gasteiger partial charge in [-0.15, -0.1) is 0 Å². The van der Waals surface area contributed by atoms with E-state index in [0.717, 1.165) is 5.69 Å². The van der Waals surface area contributed by atoms with Crippen LogP contribution in [0.1, 0.15) is 38.5 Å². The van der Waals surface area contributed by atoms with Crippen molar-refractivity contribution in [2.75, 3.05) is 12.3 Å². The Morgan fingerprint density at radius 1 is 1.48 bits per heavy atom. The van der Waals surface area contributed by atoms with Gasteiger partial charge < -0.3 is 25.4 Å². The maximum Gasteiger partial charge on any atom is 0.419 e. The molecule has 4 rings (SSSR count). The van der Waals surface area contributed by atoms with E-state index in [-0.39, 0.29) is 12.7 Å². The summed E-state index contributed by atoms with van der Waals surface area (Å²) in [5, 5.41) is 29.9. The molecule has 164 valence electrons. The zero-order chi connectivity index (χ0) is 22.6. The molecule has 12 heteroatoms. The molecule has 0 amide bonds. The molecule has 0 spiro atoms. The number of fused-ring (bicyclic) bond motifs is 1. The number of anilines is 1. The number of carbonyl (C=O) groups excluding carboxylic acids is 1. The summed E-state index contributed by atoms with van der Waals surface area (Å²) in [6.07, 6.45) is 5.68. The highest BCUT2D eigenvalue weighted by Crippen LogP contribution is 2.40. The van der Waals surface area contributed by atoms with Crippen LogP contribution in [0.3, 0.4) is 0 Å². The van der Waals surface area contributed by atoms with Crippen LogP contribution < -0.4 is 5.73 Å². The van der Waals surface area contributed by atoms with Gasteiger partial charge in [0.25, 0.3) is 0 Å². The number of nitrogens with two attached hydrogens (primary N) is 1. The molecule has 0 saturated carbocycles. The highest BCUT2D eigenvalue weighted by atomic mass is 16.6. The summed E-state index contributed by atoms with van der Waals surface area (Å²) < 4.78 is 14.0. The van der Waals surface area contributed by atoms with Gasteiger partial charge >= 0.3 is 6.09 Å². The van der Waals surface area contributed by atoms with Gasteiger partial charge in [0, 0.05) is 12.4 Å². The number of aliphatic hydroxyl groups is 2. The molecule has 3 aromatic rings. The van der Waals surface area contributed by atoms with E-state index in [1.807, 2.05) is 6.07 Å². The maximum atomic E-state index is 11.9. The normalized spacial score (nSPS) is 20.7. The van der Waals surface area contributed by atoms with Crippen molar-refractivity contribution in [3.8, 4) is 6.07 Å². The lowest BCUT2D eigenvalue weighted by molar-refractivity contribution is -0.127. The van der Waals surface area contributed by atoms with Crippen LogP contribution in [0.4, 0.5) is 10.6 Å². The zero-order valence-corrected chi connectivity index (χ0v) is 17.0. The molecule has 1 aliphatic heterocycles. The smallest absolute Gasteiger partial charge is 0.419 e. The number of nitrogens with zero attached hydrogens (tertiary/aromatic N) is 6. The monoisotopic (exact) mass is 429 g/mol. The second-order valence-corrected chi connectivity index (χ2v) is 7.47. The van der Waals surface area contributed by atoms with Gasteiger partial charge in [0.1, 0.15) is 37.0 Å². The van der Waals surface area contributed by atoms with Crippen molar-refractivity contribution in [3.05, 3.63) is 42.9 Å². The van der Waals surface area contributed by atoms with Gasteiger partial charge in [0.15, 0.2) is 17.2 Å². The fourth-order valence-electron chi connectivity index (χ4n) is 3.02. The van der Waals surface area contributed by atoms with Gasteiger partial charge in [0.05, 0.1) is 5.69 Å². The number of ether oxygens (including phenoxy) is 2. The van der Waals surface area contributed by atoms with E-state index in [2.05, 4.69) is 21.1 Å². The van der Waals surface area contributed by atoms with E-state index in [4.69, 9.17) is 25.4 Å². The van der Waals surface area contributed by atoms with E-state index in [1.165, 1.54) is 43.5 Å². The minimum atomic E-state index is -1.50. The van der Waals surface area contributed by atoms with Gasteiger partial charge in [-0.1, -0.05) is 0 Å². The quantitative estimate of drug-likeness (QED) is 0.510. The Kier molecular flexibility index (Phi) is 6.21. The van der Waals surface area contributed by atoms with E-state index >= 15 is 0 Å². The average molecular weight is 429 g/mol. The predicted molar refractivity (Wildman–Crippen MR) is 106 cm³/mol. The lowest BCUT2D eigenvalue weighted by atomic mass is 10.0. The van der Waals surface area contributed by atoms with Crippen LogP contribution in [-0.4, -0.2) is 58.5 Å². The van der Waals surface area contributed by atoms with E-state index in [0.29, 0.717) is 24.2 Å². The number of imidazole rings is 1. The van der Waals surface area contributed by atoms with Crippen molar-refractivity contribution in [2.24, 2.45) is 0 Å². The number of nitrogen functional groups attached to an aromatic ring is 1. The SMILES string of the molecule is CC(C)(O)O.N#C[C@@]1(COC(=O)n2ccnc2)CCC(c2ccc3c(N)ncnn23)O1. The van der Waals surface area contributed by atoms with Crippen LogP contribution in [-0.2, 0) is 9.47 Å². The van der Waals surface area contributed by atoms with Crippen molar-refractivity contribution in [3.63, 3.8) is 0 Å². The summed E-state index contributed by atoms with van der Waals surface area (Å²) in [7, 11) is 0. The number of hydrogen-bond acceptors (Lipinski definition) is 10. The Labute approximate surface area is 177 Å². The molecule has 31 heavy (non-hydrogen) atoms. The zero-order valence-electron chi connectivity index (χ0n) is 17.0. The molecule has 1 fully saturated rings. The molecular formula is C19H23N7O5. The first-order valence-electron chi connectivity index (χ1n) is 9.39. The molecule has 2 atom stereocenters. The number of nitriles is 1. The van der Waals surface area contributed by atoms with E-state index < -0.39 is 17.5 Å². The molecule has 0 radical (unpaired) electrons. The summed E-state index contributed by atoms with van der Waals surface area (Å²) in [5.41, 5.74) is 6.08. The Morgan fingerprint density at radius 3 is 2.87 bits per heavy atom. The van der Waals surface area contributed by atoms with Crippen LogP contribution in [0.15, 0.2) is 37.2 Å². The molecule has 1 unspecified atom stereocenters. The van der Waals surface area contributed by atoms with Crippen LogP contribution in [0.2, 0.25) is 0 Å². The second-order valence-electron chi connectivity index (χ2n) is 7.47. The molecule has 0 aliphatic carbocycles. The van der Waals surface area contributed by atoms with Crippen molar-refractivity contribution < 1.29 is 24.5 Å². The Bertz CT molecular complexity index is 1080. The van der Waals surface area contributed by atoms with E-state index in [1.54, 1.807) is 10.6 Å². The van der Waals surface area contributed by atoms with Crippen molar-refractivity contribution >= 4 is 17.4 Å². The first-order valence-corrected chi connectivity index (χ1v) is 9.39. The molecule has 4 N–H and O–H groups in total. The number of carbonyl (C=O) groups is 1. The summed E-state index contributed by atoms with van der Waals surface area (Å²) in [6.45, 7) is 2.43. The molecule has 0 aromatic carbocycles. The fraction of sp³-hybridized carbons (Fsp3) is 0.421. The summed E-state index contributed by atoms with van der Waals surface area (Å²) >= 11 is 0. The third-order valence-electron chi connectivity index (χ3n) is 4.37. The van der Waals surface area contributed by atoms with E-state index in [9.17, 15) is 10.1 Å². The summed E-state index contributed by atoms with van der Waals surface area (Å²) in [6, 6.07) is 5.79. The largest absolute Gasteiger partial charge is 0.445 e. The van der Waals surface area contributed by atoms with Crippen molar-refractivity contribution in [1.82, 2.24) is 24.1 Å². The van der Waals surface area contributed by atoms with Gasteiger partial charge in [-0.25, -0.2) is 23.8 Å². The number of rotatable bonds is 3. The maximum absolute atomic E-state index is 11.9. The Hall–Kier alpha value is -3.53. The van der Waals surface area contributed by atoms with Crippen LogP contribution in [0.5, 0.6) is 0 Å².